The van der Waals surface area contributed by atoms with Crippen LogP contribution in [0, 0.1) is 5.41 Å². The van der Waals surface area contributed by atoms with Crippen LogP contribution in [-0.4, -0.2) is 35.6 Å². The molecule has 3 heteroatoms. The third-order valence-corrected chi connectivity index (χ3v) is 8.00. The van der Waals surface area contributed by atoms with Crippen molar-refractivity contribution in [3.63, 3.8) is 0 Å². The molecule has 1 heterocycles. The average Bonchev–Trinajstić information content (AvgIpc) is 2.81. The Morgan fingerprint density at radius 3 is 2.41 bits per heavy atom. The highest BCUT2D eigenvalue weighted by molar-refractivity contribution is 5.87. The van der Waals surface area contributed by atoms with Gasteiger partial charge in [-0.2, -0.15) is 0 Å². The Hall–Kier alpha value is -2.91. The Bertz CT molecular complexity index is 1120. The molecule has 0 aromatic heterocycles. The highest BCUT2D eigenvalue weighted by Gasteiger charge is 2.54. The molecule has 1 N–H and O–H groups in total. The van der Waals surface area contributed by atoms with E-state index in [1.165, 1.54) is 22.3 Å². The first kappa shape index (κ1) is 21.0. The van der Waals surface area contributed by atoms with E-state index in [0.29, 0.717) is 5.56 Å². The summed E-state index contributed by atoms with van der Waals surface area (Å²) in [6.45, 7) is 5.57. The Morgan fingerprint density at radius 2 is 1.66 bits per heavy atom. The highest BCUT2D eigenvalue weighted by atomic mass is 16.4. The van der Waals surface area contributed by atoms with Crippen molar-refractivity contribution in [1.82, 2.24) is 4.90 Å². The fraction of sp³-hybridized carbons (Fsp3) is 0.345. The van der Waals surface area contributed by atoms with Gasteiger partial charge in [0.1, 0.15) is 0 Å². The van der Waals surface area contributed by atoms with Crippen LogP contribution >= 0.6 is 0 Å². The van der Waals surface area contributed by atoms with Crippen LogP contribution in [0.2, 0.25) is 0 Å². The lowest BCUT2D eigenvalue weighted by atomic mass is 9.50. The zero-order valence-corrected chi connectivity index (χ0v) is 18.8. The largest absolute Gasteiger partial charge is 0.478 e. The van der Waals surface area contributed by atoms with Crippen LogP contribution in [0.3, 0.4) is 0 Å². The van der Waals surface area contributed by atoms with Gasteiger partial charge in [-0.25, -0.2) is 4.79 Å². The predicted octanol–water partition coefficient (Wildman–Crippen LogP) is 5.38. The van der Waals surface area contributed by atoms with E-state index in [1.807, 2.05) is 12.1 Å². The Morgan fingerprint density at radius 1 is 0.938 bits per heavy atom. The monoisotopic (exact) mass is 425 g/mol. The van der Waals surface area contributed by atoms with E-state index in [4.69, 9.17) is 0 Å². The van der Waals surface area contributed by atoms with Crippen LogP contribution in [-0.2, 0) is 24.7 Å². The summed E-state index contributed by atoms with van der Waals surface area (Å²) in [7, 11) is 0. The number of hydrogen-bond donors (Lipinski definition) is 1. The first-order valence-corrected chi connectivity index (χ1v) is 11.7. The lowest BCUT2D eigenvalue weighted by Crippen LogP contribution is -2.60. The van der Waals surface area contributed by atoms with Crippen LogP contribution in [0.25, 0.3) is 0 Å². The van der Waals surface area contributed by atoms with Crippen LogP contribution in [0.4, 0.5) is 0 Å². The molecule has 1 aliphatic carbocycles. The summed E-state index contributed by atoms with van der Waals surface area (Å²) in [6.07, 6.45) is 4.13. The Balaban J connectivity index is 1.49. The minimum Gasteiger partial charge on any atom is -0.478 e. The maximum Gasteiger partial charge on any atom is 0.335 e. The number of fused-ring (bicyclic) bond motifs is 2. The lowest BCUT2D eigenvalue weighted by molar-refractivity contribution is 0.00440. The van der Waals surface area contributed by atoms with Crippen LogP contribution < -0.4 is 0 Å². The highest BCUT2D eigenvalue weighted by Crippen LogP contribution is 2.55. The number of carboxylic acid groups (broad SMARTS) is 1. The smallest absolute Gasteiger partial charge is 0.335 e. The van der Waals surface area contributed by atoms with Crippen molar-refractivity contribution >= 4 is 5.97 Å². The standard InChI is InChI=1S/C29H31NO2/c1-28-19-24-10-5-6-11-25(24)20-29(28,26-13-7-12-23(18-26)27(31)32)15-17-30(21-28)16-14-22-8-3-2-4-9-22/h2-13,18H,14-17,19-21H2,1H3,(H,31,32)/t28-,29-/m1/s1. The van der Waals surface area contributed by atoms with Gasteiger partial charge >= 0.3 is 5.97 Å². The van der Waals surface area contributed by atoms with Gasteiger partial charge in [-0.3, -0.25) is 0 Å². The lowest BCUT2D eigenvalue weighted by Gasteiger charge is -2.58. The fourth-order valence-electron chi connectivity index (χ4n) is 6.22. The van der Waals surface area contributed by atoms with Gasteiger partial charge in [0, 0.05) is 18.5 Å². The summed E-state index contributed by atoms with van der Waals surface area (Å²) in [5.41, 5.74) is 5.84. The number of hydrogen-bond acceptors (Lipinski definition) is 2. The van der Waals surface area contributed by atoms with Gasteiger partial charge in [-0.15, -0.1) is 0 Å². The Kier molecular flexibility index (Phi) is 5.38. The summed E-state index contributed by atoms with van der Waals surface area (Å²) in [6, 6.07) is 27.3. The van der Waals surface area contributed by atoms with Crippen molar-refractivity contribution in [2.75, 3.05) is 19.6 Å². The van der Waals surface area contributed by atoms with Crippen LogP contribution in [0.5, 0.6) is 0 Å². The molecule has 0 amide bonds. The van der Waals surface area contributed by atoms with Gasteiger partial charge in [0.25, 0.3) is 0 Å². The molecular formula is C29H31NO2. The summed E-state index contributed by atoms with van der Waals surface area (Å²) >= 11 is 0. The predicted molar refractivity (Wildman–Crippen MR) is 128 cm³/mol. The molecule has 0 bridgehead atoms. The van der Waals surface area contributed by atoms with Crippen LogP contribution in [0.15, 0.2) is 78.9 Å². The second kappa shape index (κ2) is 8.22. The first-order valence-electron chi connectivity index (χ1n) is 11.7. The van der Waals surface area contributed by atoms with Gasteiger partial charge in [0.05, 0.1) is 5.56 Å². The number of piperidine rings is 1. The van der Waals surface area contributed by atoms with Gasteiger partial charge < -0.3 is 10.0 Å². The van der Waals surface area contributed by atoms with E-state index in [9.17, 15) is 9.90 Å². The molecule has 0 saturated carbocycles. The summed E-state index contributed by atoms with van der Waals surface area (Å²) in [5, 5.41) is 9.64. The number of aromatic carboxylic acids is 1. The molecule has 3 aromatic carbocycles. The quantitative estimate of drug-likeness (QED) is 0.597. The molecule has 1 saturated heterocycles. The molecule has 2 aliphatic rings. The maximum absolute atomic E-state index is 11.7. The number of benzene rings is 3. The molecule has 1 aliphatic heterocycles. The zero-order valence-electron chi connectivity index (χ0n) is 18.8. The third kappa shape index (κ3) is 3.65. The van der Waals surface area contributed by atoms with E-state index in [2.05, 4.69) is 72.5 Å². The van der Waals surface area contributed by atoms with E-state index in [-0.39, 0.29) is 10.8 Å². The van der Waals surface area contributed by atoms with E-state index >= 15 is 0 Å². The fourth-order valence-corrected chi connectivity index (χ4v) is 6.22. The van der Waals surface area contributed by atoms with Crippen LogP contribution in [0.1, 0.15) is 46.0 Å². The molecule has 164 valence electrons. The van der Waals surface area contributed by atoms with E-state index in [0.717, 1.165) is 45.3 Å². The first-order chi connectivity index (χ1) is 15.5. The summed E-state index contributed by atoms with van der Waals surface area (Å²) in [4.78, 5) is 14.4. The molecule has 0 spiro atoms. The van der Waals surface area contributed by atoms with Crippen molar-refractivity contribution in [3.05, 3.63) is 107 Å². The molecule has 0 unspecified atom stereocenters. The second-order valence-electron chi connectivity index (χ2n) is 9.91. The van der Waals surface area contributed by atoms with Crippen molar-refractivity contribution in [3.8, 4) is 0 Å². The second-order valence-corrected chi connectivity index (χ2v) is 9.91. The molecule has 0 radical (unpaired) electrons. The summed E-state index contributed by atoms with van der Waals surface area (Å²) < 4.78 is 0. The number of carbonyl (C=O) groups is 1. The number of likely N-dealkylation sites (tertiary alicyclic amines) is 1. The average molecular weight is 426 g/mol. The van der Waals surface area contributed by atoms with E-state index < -0.39 is 5.97 Å². The minimum absolute atomic E-state index is 0.0456. The SMILES string of the molecule is C[C@]12Cc3ccccc3C[C@@]1(c1cccc(C(=O)O)c1)CCN(CCc1ccccc1)C2. The van der Waals surface area contributed by atoms with Crippen molar-refractivity contribution in [2.45, 2.75) is 38.0 Å². The maximum atomic E-state index is 11.7. The van der Waals surface area contributed by atoms with Gasteiger partial charge in [-0.05, 0) is 72.0 Å². The normalized spacial score (nSPS) is 25.0. The van der Waals surface area contributed by atoms with Gasteiger partial charge in [0.15, 0.2) is 0 Å². The Labute approximate surface area is 190 Å². The zero-order chi connectivity index (χ0) is 22.2. The van der Waals surface area contributed by atoms with E-state index in [1.54, 1.807) is 6.07 Å². The topological polar surface area (TPSA) is 40.5 Å². The number of carboxylic acids is 1. The van der Waals surface area contributed by atoms with Gasteiger partial charge in [-0.1, -0.05) is 73.7 Å². The third-order valence-electron chi connectivity index (χ3n) is 8.00. The molecular weight excluding hydrogens is 394 g/mol. The molecule has 5 rings (SSSR count). The van der Waals surface area contributed by atoms with Gasteiger partial charge in [0.2, 0.25) is 0 Å². The molecule has 2 atom stereocenters. The molecule has 32 heavy (non-hydrogen) atoms. The molecule has 3 aromatic rings. The molecule has 3 nitrogen and oxygen atoms in total. The number of rotatable bonds is 5. The van der Waals surface area contributed by atoms with Crippen molar-refractivity contribution in [2.24, 2.45) is 5.41 Å². The summed E-state index contributed by atoms with van der Waals surface area (Å²) in [5.74, 6) is -0.846. The number of nitrogens with zero attached hydrogens (tertiary/aromatic N) is 1. The van der Waals surface area contributed by atoms with Crippen molar-refractivity contribution < 1.29 is 9.90 Å². The minimum atomic E-state index is -0.846. The molecule has 1 fully saturated rings. The van der Waals surface area contributed by atoms with Crippen molar-refractivity contribution in [1.29, 1.82) is 0 Å².